The Balaban J connectivity index is 2.19. The van der Waals surface area contributed by atoms with E-state index in [0.29, 0.717) is 19.6 Å². The predicted octanol–water partition coefficient (Wildman–Crippen LogP) is 2.77. The minimum atomic E-state index is -0.612. The molecule has 24 heavy (non-hydrogen) atoms. The van der Waals surface area contributed by atoms with Gasteiger partial charge in [0.1, 0.15) is 11.6 Å². The van der Waals surface area contributed by atoms with Crippen LogP contribution in [0.5, 0.6) is 0 Å². The summed E-state index contributed by atoms with van der Waals surface area (Å²) >= 11 is 0. The van der Waals surface area contributed by atoms with Crippen LogP contribution in [0, 0.1) is 11.3 Å². The Labute approximate surface area is 144 Å². The van der Waals surface area contributed by atoms with Gasteiger partial charge in [-0.05, 0) is 40.0 Å². The van der Waals surface area contributed by atoms with Crippen LogP contribution in [0.2, 0.25) is 0 Å². The molecule has 2 aliphatic rings. The summed E-state index contributed by atoms with van der Waals surface area (Å²) in [4.78, 5) is 26.6. The Morgan fingerprint density at radius 3 is 2.58 bits per heavy atom. The summed E-state index contributed by atoms with van der Waals surface area (Å²) in [6.07, 6.45) is 1.79. The number of hydrogen-bond acceptors (Lipinski definition) is 5. The van der Waals surface area contributed by atoms with E-state index in [-0.39, 0.29) is 30.0 Å². The van der Waals surface area contributed by atoms with Crippen molar-refractivity contribution in [3.63, 3.8) is 0 Å². The van der Waals surface area contributed by atoms with Crippen molar-refractivity contribution in [3.8, 4) is 0 Å². The average molecular weight is 339 g/mol. The van der Waals surface area contributed by atoms with Gasteiger partial charge in [-0.2, -0.15) is 0 Å². The minimum absolute atomic E-state index is 0.0495. The summed E-state index contributed by atoms with van der Waals surface area (Å²) in [5, 5.41) is 0. The lowest BCUT2D eigenvalue weighted by molar-refractivity contribution is -0.149. The van der Waals surface area contributed by atoms with Crippen molar-refractivity contribution in [2.45, 2.75) is 58.7 Å². The van der Waals surface area contributed by atoms with Crippen LogP contribution in [0.1, 0.15) is 41.0 Å². The molecule has 0 aromatic carbocycles. The SMILES string of the molecule is C=CCOC[C@]12C[C@@H](C(=O)OCC)N(C(=O)OC(C)(C)C)[C@H]1[C@H]2C. The molecule has 6 nitrogen and oxygen atoms in total. The normalized spacial score (nSPS) is 31.4. The van der Waals surface area contributed by atoms with Gasteiger partial charge in [0.05, 0.1) is 19.8 Å². The molecule has 0 spiro atoms. The monoisotopic (exact) mass is 339 g/mol. The van der Waals surface area contributed by atoms with Crippen molar-refractivity contribution >= 4 is 12.1 Å². The fourth-order valence-electron chi connectivity index (χ4n) is 3.75. The lowest BCUT2D eigenvalue weighted by Gasteiger charge is -2.30. The van der Waals surface area contributed by atoms with Crippen molar-refractivity contribution in [2.24, 2.45) is 11.3 Å². The van der Waals surface area contributed by atoms with Gasteiger partial charge in [-0.3, -0.25) is 4.90 Å². The van der Waals surface area contributed by atoms with Crippen LogP contribution in [0.4, 0.5) is 4.79 Å². The molecule has 1 aliphatic carbocycles. The summed E-state index contributed by atoms with van der Waals surface area (Å²) in [6.45, 7) is 14.2. The smallest absolute Gasteiger partial charge is 0.411 e. The van der Waals surface area contributed by atoms with Gasteiger partial charge in [0, 0.05) is 11.5 Å². The third kappa shape index (κ3) is 3.43. The average Bonchev–Trinajstić information content (AvgIpc) is 2.87. The zero-order valence-electron chi connectivity index (χ0n) is 15.3. The van der Waals surface area contributed by atoms with Crippen LogP contribution in [0.15, 0.2) is 12.7 Å². The molecule has 1 heterocycles. The van der Waals surface area contributed by atoms with Crippen LogP contribution >= 0.6 is 0 Å². The highest BCUT2D eigenvalue weighted by atomic mass is 16.6. The van der Waals surface area contributed by atoms with Crippen molar-refractivity contribution in [1.29, 1.82) is 0 Å². The number of carbonyl (C=O) groups is 2. The van der Waals surface area contributed by atoms with Crippen LogP contribution in [0.25, 0.3) is 0 Å². The number of ether oxygens (including phenoxy) is 3. The number of piperidine rings is 1. The maximum absolute atomic E-state index is 12.7. The second-order valence-corrected chi connectivity index (χ2v) is 7.63. The molecule has 1 saturated carbocycles. The quantitative estimate of drug-likeness (QED) is 0.423. The van der Waals surface area contributed by atoms with Crippen LogP contribution < -0.4 is 0 Å². The molecule has 1 aliphatic heterocycles. The Hall–Kier alpha value is -1.56. The Bertz CT molecular complexity index is 512. The van der Waals surface area contributed by atoms with Gasteiger partial charge in [-0.25, -0.2) is 9.59 Å². The summed E-state index contributed by atoms with van der Waals surface area (Å²) in [5.41, 5.74) is -0.809. The predicted molar refractivity (Wildman–Crippen MR) is 89.5 cm³/mol. The molecular weight excluding hydrogens is 310 g/mol. The van der Waals surface area contributed by atoms with Gasteiger partial charge in [-0.15, -0.1) is 6.58 Å². The van der Waals surface area contributed by atoms with E-state index in [2.05, 4.69) is 13.5 Å². The molecule has 0 unspecified atom stereocenters. The molecule has 1 amide bonds. The van der Waals surface area contributed by atoms with Crippen molar-refractivity contribution in [1.82, 2.24) is 4.90 Å². The molecule has 2 rings (SSSR count). The largest absolute Gasteiger partial charge is 0.464 e. The van der Waals surface area contributed by atoms with E-state index in [1.54, 1.807) is 17.9 Å². The maximum Gasteiger partial charge on any atom is 0.411 e. The molecule has 0 N–H and O–H groups in total. The number of fused-ring (bicyclic) bond motifs is 1. The highest BCUT2D eigenvalue weighted by molar-refractivity contribution is 5.84. The van der Waals surface area contributed by atoms with E-state index in [9.17, 15) is 9.59 Å². The fourth-order valence-corrected chi connectivity index (χ4v) is 3.75. The fraction of sp³-hybridized carbons (Fsp3) is 0.778. The zero-order chi connectivity index (χ0) is 18.1. The minimum Gasteiger partial charge on any atom is -0.464 e. The van der Waals surface area contributed by atoms with Crippen molar-refractivity contribution in [2.75, 3.05) is 19.8 Å². The van der Waals surface area contributed by atoms with Gasteiger partial charge in [0.15, 0.2) is 0 Å². The standard InChI is InChI=1S/C18H29NO5/c1-7-9-22-11-18-10-13(15(20)23-8-2)19(14(18)12(18)3)16(21)24-17(4,5)6/h7,12-14H,1,8-11H2,2-6H3/t12-,13+,14+,18+/m1/s1. The first kappa shape index (κ1) is 18.8. The Morgan fingerprint density at radius 2 is 2.04 bits per heavy atom. The van der Waals surface area contributed by atoms with Crippen molar-refractivity contribution < 1.29 is 23.8 Å². The number of rotatable bonds is 6. The van der Waals surface area contributed by atoms with Crippen LogP contribution in [0.3, 0.4) is 0 Å². The number of hydrogen-bond donors (Lipinski definition) is 0. The number of carbonyl (C=O) groups excluding carboxylic acids is 2. The number of nitrogens with zero attached hydrogens (tertiary/aromatic N) is 1. The zero-order valence-corrected chi connectivity index (χ0v) is 15.3. The molecule has 0 bridgehead atoms. The van der Waals surface area contributed by atoms with E-state index < -0.39 is 17.7 Å². The van der Waals surface area contributed by atoms with Crippen LogP contribution in [-0.2, 0) is 19.0 Å². The molecule has 2 fully saturated rings. The number of amides is 1. The van der Waals surface area contributed by atoms with E-state index in [4.69, 9.17) is 14.2 Å². The number of esters is 1. The molecule has 0 aromatic heterocycles. The van der Waals surface area contributed by atoms with Gasteiger partial charge in [0.25, 0.3) is 0 Å². The Kier molecular flexibility index (Phi) is 5.28. The summed E-state index contributed by atoms with van der Waals surface area (Å²) in [7, 11) is 0. The first-order valence-electron chi connectivity index (χ1n) is 8.54. The van der Waals surface area contributed by atoms with E-state index in [0.717, 1.165) is 0 Å². The van der Waals surface area contributed by atoms with E-state index in [1.807, 2.05) is 20.8 Å². The van der Waals surface area contributed by atoms with E-state index >= 15 is 0 Å². The topological polar surface area (TPSA) is 65.1 Å². The summed E-state index contributed by atoms with van der Waals surface area (Å²) < 4.78 is 16.3. The first-order valence-corrected chi connectivity index (χ1v) is 8.54. The van der Waals surface area contributed by atoms with Gasteiger partial charge in [-0.1, -0.05) is 13.0 Å². The van der Waals surface area contributed by atoms with Crippen molar-refractivity contribution in [3.05, 3.63) is 12.7 Å². The molecule has 6 heteroatoms. The lowest BCUT2D eigenvalue weighted by Crippen LogP contribution is -2.47. The molecule has 136 valence electrons. The lowest BCUT2D eigenvalue weighted by atomic mass is 9.97. The Morgan fingerprint density at radius 1 is 1.38 bits per heavy atom. The number of likely N-dealkylation sites (tertiary alicyclic amines) is 1. The van der Waals surface area contributed by atoms with Gasteiger partial charge < -0.3 is 14.2 Å². The molecular formula is C18H29NO5. The maximum atomic E-state index is 12.7. The second kappa shape index (κ2) is 6.75. The summed E-state index contributed by atoms with van der Waals surface area (Å²) in [6, 6.07) is -0.653. The second-order valence-electron chi connectivity index (χ2n) is 7.63. The highest BCUT2D eigenvalue weighted by Crippen LogP contribution is 2.64. The molecule has 4 atom stereocenters. The third-order valence-corrected chi connectivity index (χ3v) is 4.84. The highest BCUT2D eigenvalue weighted by Gasteiger charge is 2.73. The first-order chi connectivity index (χ1) is 11.2. The van der Waals surface area contributed by atoms with Crippen LogP contribution in [-0.4, -0.2) is 54.5 Å². The van der Waals surface area contributed by atoms with E-state index in [1.165, 1.54) is 0 Å². The van der Waals surface area contributed by atoms with Gasteiger partial charge >= 0.3 is 12.1 Å². The molecule has 0 aromatic rings. The molecule has 1 saturated heterocycles. The summed E-state index contributed by atoms with van der Waals surface area (Å²) in [5.74, 6) is -0.105. The van der Waals surface area contributed by atoms with Gasteiger partial charge in [0.2, 0.25) is 0 Å². The molecule has 0 radical (unpaired) electrons. The third-order valence-electron chi connectivity index (χ3n) is 4.84.